The molecular formula is C22H20ClN3O2. The number of nitrogens with zero attached hydrogens (tertiary/aromatic N) is 2. The largest absolute Gasteiger partial charge is 0.338 e. The van der Waals surface area contributed by atoms with E-state index in [2.05, 4.69) is 11.4 Å². The summed E-state index contributed by atoms with van der Waals surface area (Å²) in [5.74, 6) is -0.315. The van der Waals surface area contributed by atoms with Gasteiger partial charge in [0.05, 0.1) is 11.6 Å². The molecule has 0 saturated heterocycles. The average Bonchev–Trinajstić information content (AvgIpc) is 2.68. The van der Waals surface area contributed by atoms with E-state index in [1.165, 1.54) is 0 Å². The van der Waals surface area contributed by atoms with Crippen LogP contribution in [0.3, 0.4) is 0 Å². The van der Waals surface area contributed by atoms with E-state index in [1.54, 1.807) is 26.0 Å². The topological polar surface area (TPSA) is 73.2 Å². The van der Waals surface area contributed by atoms with Gasteiger partial charge in [0.15, 0.2) is 0 Å². The Hall–Kier alpha value is -3.10. The molecule has 0 saturated carbocycles. The van der Waals surface area contributed by atoms with Crippen LogP contribution in [0.15, 0.2) is 59.7 Å². The van der Waals surface area contributed by atoms with Crippen molar-refractivity contribution in [2.75, 3.05) is 6.54 Å². The molecule has 2 aromatic rings. The first-order valence-electron chi connectivity index (χ1n) is 9.01. The van der Waals surface area contributed by atoms with Crippen LogP contribution in [0.5, 0.6) is 0 Å². The molecular weight excluding hydrogens is 374 g/mol. The fourth-order valence-electron chi connectivity index (χ4n) is 3.38. The van der Waals surface area contributed by atoms with Gasteiger partial charge in [-0.1, -0.05) is 41.9 Å². The minimum atomic E-state index is -0.745. The van der Waals surface area contributed by atoms with Crippen molar-refractivity contribution in [2.24, 2.45) is 0 Å². The lowest BCUT2D eigenvalue weighted by molar-refractivity contribution is -0.129. The number of halogens is 1. The van der Waals surface area contributed by atoms with E-state index in [9.17, 15) is 14.9 Å². The Balaban J connectivity index is 2.11. The van der Waals surface area contributed by atoms with Crippen molar-refractivity contribution in [3.05, 3.63) is 70.3 Å². The van der Waals surface area contributed by atoms with Gasteiger partial charge in [-0.2, -0.15) is 5.26 Å². The number of imide groups is 1. The molecule has 5 nitrogen and oxygen atoms in total. The number of nitriles is 1. The van der Waals surface area contributed by atoms with Crippen LogP contribution in [0, 0.1) is 11.3 Å². The third-order valence-electron chi connectivity index (χ3n) is 4.72. The molecule has 1 aliphatic rings. The lowest BCUT2D eigenvalue weighted by atomic mass is 9.88. The Morgan fingerprint density at radius 1 is 1.25 bits per heavy atom. The number of hydrogen-bond donors (Lipinski definition) is 1. The molecule has 0 bridgehead atoms. The molecule has 1 unspecified atom stereocenters. The van der Waals surface area contributed by atoms with Gasteiger partial charge in [0.2, 0.25) is 5.91 Å². The normalized spacial score (nSPS) is 16.7. The third-order valence-corrected chi connectivity index (χ3v) is 4.98. The first kappa shape index (κ1) is 19.7. The summed E-state index contributed by atoms with van der Waals surface area (Å²) in [5, 5.41) is 13.1. The SMILES string of the molecule is CCNC(=O)N1C(=O)CC(C)=C(C#N)C1c1cccc(-c2ccc(Cl)cc2)c1. The lowest BCUT2D eigenvalue weighted by Gasteiger charge is -2.34. The summed E-state index contributed by atoms with van der Waals surface area (Å²) in [6, 6.07) is 15.9. The number of benzene rings is 2. The maximum Gasteiger partial charge on any atom is 0.324 e. The van der Waals surface area contributed by atoms with Crippen molar-refractivity contribution in [3.8, 4) is 17.2 Å². The number of urea groups is 1. The summed E-state index contributed by atoms with van der Waals surface area (Å²) < 4.78 is 0. The number of carbonyl (C=O) groups is 2. The van der Waals surface area contributed by atoms with E-state index in [0.717, 1.165) is 16.0 Å². The summed E-state index contributed by atoms with van der Waals surface area (Å²) in [7, 11) is 0. The molecule has 1 N–H and O–H groups in total. The number of hydrogen-bond acceptors (Lipinski definition) is 3. The second-order valence-corrected chi connectivity index (χ2v) is 7.05. The molecule has 1 aliphatic heterocycles. The monoisotopic (exact) mass is 393 g/mol. The van der Waals surface area contributed by atoms with Crippen LogP contribution < -0.4 is 5.32 Å². The van der Waals surface area contributed by atoms with Gasteiger partial charge in [-0.05, 0) is 54.3 Å². The first-order chi connectivity index (χ1) is 13.5. The lowest BCUT2D eigenvalue weighted by Crippen LogP contribution is -2.48. The molecule has 0 fully saturated rings. The van der Waals surface area contributed by atoms with E-state index in [4.69, 9.17) is 11.6 Å². The summed E-state index contributed by atoms with van der Waals surface area (Å²) in [4.78, 5) is 26.4. The van der Waals surface area contributed by atoms with Gasteiger partial charge in [-0.3, -0.25) is 9.69 Å². The molecule has 0 radical (unpaired) electrons. The molecule has 142 valence electrons. The van der Waals surface area contributed by atoms with Crippen molar-refractivity contribution < 1.29 is 9.59 Å². The van der Waals surface area contributed by atoms with Crippen molar-refractivity contribution in [1.82, 2.24) is 10.2 Å². The number of nitrogens with one attached hydrogen (secondary N) is 1. The summed E-state index contributed by atoms with van der Waals surface area (Å²) in [6.07, 6.45) is 0.0629. The number of rotatable bonds is 3. The minimum absolute atomic E-state index is 0.0629. The fourth-order valence-corrected chi connectivity index (χ4v) is 3.51. The Morgan fingerprint density at radius 3 is 2.61 bits per heavy atom. The molecule has 1 atom stereocenters. The van der Waals surface area contributed by atoms with E-state index in [0.29, 0.717) is 28.3 Å². The van der Waals surface area contributed by atoms with Gasteiger partial charge in [0, 0.05) is 18.0 Å². The van der Waals surface area contributed by atoms with Gasteiger partial charge < -0.3 is 5.32 Å². The molecule has 3 amide bonds. The van der Waals surface area contributed by atoms with Crippen LogP contribution in [0.4, 0.5) is 4.79 Å². The van der Waals surface area contributed by atoms with E-state index >= 15 is 0 Å². The quantitative estimate of drug-likeness (QED) is 0.810. The second kappa shape index (κ2) is 8.28. The van der Waals surface area contributed by atoms with Gasteiger partial charge in [-0.15, -0.1) is 0 Å². The van der Waals surface area contributed by atoms with Gasteiger partial charge >= 0.3 is 6.03 Å². The number of amides is 3. The molecule has 0 spiro atoms. The second-order valence-electron chi connectivity index (χ2n) is 6.62. The maximum absolute atomic E-state index is 12.7. The molecule has 2 aromatic carbocycles. The predicted octanol–water partition coefficient (Wildman–Crippen LogP) is 4.85. The van der Waals surface area contributed by atoms with Crippen LogP contribution in [0.2, 0.25) is 5.02 Å². The highest BCUT2D eigenvalue weighted by Crippen LogP contribution is 2.37. The highest BCUT2D eigenvalue weighted by molar-refractivity contribution is 6.30. The molecule has 0 aromatic heterocycles. The molecule has 28 heavy (non-hydrogen) atoms. The van der Waals surface area contributed by atoms with Gasteiger partial charge in [0.1, 0.15) is 6.04 Å². The summed E-state index contributed by atoms with van der Waals surface area (Å²) in [6.45, 7) is 3.95. The van der Waals surface area contributed by atoms with Gasteiger partial charge in [-0.25, -0.2) is 4.79 Å². The molecule has 3 rings (SSSR count). The average molecular weight is 394 g/mol. The van der Waals surface area contributed by atoms with Crippen molar-refractivity contribution in [3.63, 3.8) is 0 Å². The van der Waals surface area contributed by atoms with Crippen LogP contribution in [0.1, 0.15) is 31.9 Å². The zero-order valence-electron chi connectivity index (χ0n) is 15.7. The minimum Gasteiger partial charge on any atom is -0.338 e. The van der Waals surface area contributed by atoms with Crippen LogP contribution >= 0.6 is 11.6 Å². The van der Waals surface area contributed by atoms with Crippen molar-refractivity contribution in [1.29, 1.82) is 5.26 Å². The van der Waals surface area contributed by atoms with E-state index < -0.39 is 12.1 Å². The Bertz CT molecular complexity index is 990. The predicted molar refractivity (Wildman–Crippen MR) is 108 cm³/mol. The highest BCUT2D eigenvalue weighted by Gasteiger charge is 2.38. The molecule has 1 heterocycles. The summed E-state index contributed by atoms with van der Waals surface area (Å²) in [5.41, 5.74) is 3.70. The van der Waals surface area contributed by atoms with Crippen molar-refractivity contribution >= 4 is 23.5 Å². The van der Waals surface area contributed by atoms with Crippen LogP contribution in [-0.2, 0) is 4.79 Å². The van der Waals surface area contributed by atoms with Crippen LogP contribution in [0.25, 0.3) is 11.1 Å². The van der Waals surface area contributed by atoms with Gasteiger partial charge in [0.25, 0.3) is 0 Å². The standard InChI is InChI=1S/C22H20ClN3O2/c1-3-25-22(28)26-20(27)11-14(2)19(13-24)21(26)17-6-4-5-16(12-17)15-7-9-18(23)10-8-15/h4-10,12,21H,3,11H2,1-2H3,(H,25,28). The first-order valence-corrected chi connectivity index (χ1v) is 9.39. The molecule has 6 heteroatoms. The Morgan fingerprint density at radius 2 is 1.96 bits per heavy atom. The number of carbonyl (C=O) groups excluding carboxylic acids is 2. The molecule has 0 aliphatic carbocycles. The zero-order valence-corrected chi connectivity index (χ0v) is 16.5. The van der Waals surface area contributed by atoms with Crippen LogP contribution in [-0.4, -0.2) is 23.4 Å². The fraction of sp³-hybridized carbons (Fsp3) is 0.227. The highest BCUT2D eigenvalue weighted by atomic mass is 35.5. The van der Waals surface area contributed by atoms with E-state index in [-0.39, 0.29) is 12.3 Å². The Kier molecular flexibility index (Phi) is 5.81. The third kappa shape index (κ3) is 3.78. The van der Waals surface area contributed by atoms with Crippen molar-refractivity contribution in [2.45, 2.75) is 26.3 Å². The smallest absolute Gasteiger partial charge is 0.324 e. The maximum atomic E-state index is 12.7. The van der Waals surface area contributed by atoms with E-state index in [1.807, 2.05) is 36.4 Å². The summed E-state index contributed by atoms with van der Waals surface area (Å²) >= 11 is 5.98. The Labute approximate surface area is 169 Å². The zero-order chi connectivity index (χ0) is 20.3.